The van der Waals surface area contributed by atoms with E-state index in [4.69, 9.17) is 0 Å². The quantitative estimate of drug-likeness (QED) is 0.802. The van der Waals surface area contributed by atoms with E-state index in [0.29, 0.717) is 12.2 Å². The van der Waals surface area contributed by atoms with Gasteiger partial charge in [0, 0.05) is 18.0 Å². The van der Waals surface area contributed by atoms with Crippen LogP contribution in [0.15, 0.2) is 53.5 Å². The molecular formula is C17H17N3O. The summed E-state index contributed by atoms with van der Waals surface area (Å²) < 4.78 is 1.57. The molecule has 3 aromatic rings. The lowest BCUT2D eigenvalue weighted by atomic mass is 10.2. The summed E-state index contributed by atoms with van der Waals surface area (Å²) in [6.45, 7) is 4.54. The van der Waals surface area contributed by atoms with E-state index in [-0.39, 0.29) is 5.56 Å². The maximum Gasteiger partial charge on any atom is 0.258 e. The molecule has 0 aliphatic heterocycles. The topological polar surface area (TPSA) is 46.4 Å². The maximum atomic E-state index is 12.1. The van der Waals surface area contributed by atoms with Gasteiger partial charge in [0.05, 0.1) is 12.2 Å². The zero-order valence-electron chi connectivity index (χ0n) is 12.1. The first-order valence-corrected chi connectivity index (χ1v) is 6.91. The molecule has 2 aromatic heterocycles. The first-order chi connectivity index (χ1) is 10.1. The maximum absolute atomic E-state index is 12.1. The third kappa shape index (κ3) is 2.94. The van der Waals surface area contributed by atoms with Crippen LogP contribution in [-0.4, -0.2) is 9.38 Å². The van der Waals surface area contributed by atoms with E-state index in [0.717, 1.165) is 16.9 Å². The van der Waals surface area contributed by atoms with Crippen LogP contribution >= 0.6 is 0 Å². The van der Waals surface area contributed by atoms with Gasteiger partial charge < -0.3 is 5.32 Å². The number of benzene rings is 1. The number of aromatic nitrogens is 2. The van der Waals surface area contributed by atoms with Gasteiger partial charge in [-0.1, -0.05) is 23.8 Å². The number of hydrogen-bond donors (Lipinski definition) is 1. The Morgan fingerprint density at radius 3 is 2.52 bits per heavy atom. The molecule has 0 aliphatic rings. The van der Waals surface area contributed by atoms with Gasteiger partial charge in [0.1, 0.15) is 5.65 Å². The Balaban J connectivity index is 1.86. The fourth-order valence-corrected chi connectivity index (χ4v) is 2.21. The molecule has 21 heavy (non-hydrogen) atoms. The largest absolute Gasteiger partial charge is 0.379 e. The van der Waals surface area contributed by atoms with Crippen molar-refractivity contribution in [2.45, 2.75) is 20.4 Å². The van der Waals surface area contributed by atoms with Crippen LogP contribution in [-0.2, 0) is 6.54 Å². The molecule has 106 valence electrons. The van der Waals surface area contributed by atoms with Gasteiger partial charge in [-0.05, 0) is 37.6 Å². The van der Waals surface area contributed by atoms with Crippen molar-refractivity contribution in [1.29, 1.82) is 0 Å². The van der Waals surface area contributed by atoms with Gasteiger partial charge in [0.2, 0.25) is 0 Å². The first kappa shape index (κ1) is 13.4. The van der Waals surface area contributed by atoms with Crippen LogP contribution in [0.25, 0.3) is 5.65 Å². The van der Waals surface area contributed by atoms with Crippen molar-refractivity contribution in [2.24, 2.45) is 0 Å². The van der Waals surface area contributed by atoms with Crippen LogP contribution in [0.4, 0.5) is 5.69 Å². The molecule has 0 radical (unpaired) electrons. The molecule has 0 fully saturated rings. The van der Waals surface area contributed by atoms with Gasteiger partial charge in [-0.2, -0.15) is 0 Å². The summed E-state index contributed by atoms with van der Waals surface area (Å²) >= 11 is 0. The number of rotatable bonds is 3. The molecule has 0 saturated heterocycles. The molecule has 2 heterocycles. The lowest BCUT2D eigenvalue weighted by Crippen LogP contribution is -2.17. The van der Waals surface area contributed by atoms with Crippen LogP contribution in [0, 0.1) is 13.8 Å². The first-order valence-electron chi connectivity index (χ1n) is 6.91. The summed E-state index contributed by atoms with van der Waals surface area (Å²) in [4.78, 5) is 16.6. The molecule has 4 nitrogen and oxygen atoms in total. The highest BCUT2D eigenvalue weighted by Gasteiger charge is 2.02. The number of pyridine rings is 1. The van der Waals surface area contributed by atoms with Crippen LogP contribution in [0.5, 0.6) is 0 Å². The summed E-state index contributed by atoms with van der Waals surface area (Å²) in [6.07, 6.45) is 1.81. The van der Waals surface area contributed by atoms with Crippen LogP contribution in [0.2, 0.25) is 0 Å². The normalized spacial score (nSPS) is 10.8. The van der Waals surface area contributed by atoms with E-state index < -0.39 is 0 Å². The Morgan fingerprint density at radius 1 is 1.05 bits per heavy atom. The van der Waals surface area contributed by atoms with Crippen LogP contribution in [0.1, 0.15) is 16.8 Å². The van der Waals surface area contributed by atoms with E-state index in [1.165, 1.54) is 5.56 Å². The smallest absolute Gasteiger partial charge is 0.258 e. The number of hydrogen-bond acceptors (Lipinski definition) is 3. The van der Waals surface area contributed by atoms with Crippen LogP contribution < -0.4 is 10.9 Å². The monoisotopic (exact) mass is 279 g/mol. The highest BCUT2D eigenvalue weighted by Crippen LogP contribution is 2.10. The molecule has 0 bridgehead atoms. The number of nitrogens with one attached hydrogen (secondary N) is 1. The Morgan fingerprint density at radius 2 is 1.76 bits per heavy atom. The van der Waals surface area contributed by atoms with E-state index >= 15 is 0 Å². The van der Waals surface area contributed by atoms with Gasteiger partial charge >= 0.3 is 0 Å². The molecule has 3 rings (SSSR count). The van der Waals surface area contributed by atoms with E-state index in [1.54, 1.807) is 10.5 Å². The van der Waals surface area contributed by atoms with Gasteiger partial charge in [-0.15, -0.1) is 0 Å². The summed E-state index contributed by atoms with van der Waals surface area (Å²) in [5.74, 6) is 0. The average molecular weight is 279 g/mol. The average Bonchev–Trinajstić information content (AvgIpc) is 2.47. The molecule has 0 aliphatic carbocycles. The lowest BCUT2D eigenvalue weighted by molar-refractivity contribution is 0.965. The Kier molecular flexibility index (Phi) is 3.44. The summed E-state index contributed by atoms with van der Waals surface area (Å²) in [7, 11) is 0. The summed E-state index contributed by atoms with van der Waals surface area (Å²) in [6, 6.07) is 13.5. The van der Waals surface area contributed by atoms with Gasteiger partial charge in [-0.25, -0.2) is 4.98 Å². The minimum Gasteiger partial charge on any atom is -0.379 e. The number of aryl methyl sites for hydroxylation is 2. The zero-order chi connectivity index (χ0) is 14.8. The Hall–Kier alpha value is -2.62. The molecular weight excluding hydrogens is 262 g/mol. The molecule has 0 unspecified atom stereocenters. The van der Waals surface area contributed by atoms with Crippen molar-refractivity contribution >= 4 is 11.3 Å². The summed E-state index contributed by atoms with van der Waals surface area (Å²) in [5.41, 5.74) is 4.64. The third-order valence-corrected chi connectivity index (χ3v) is 3.39. The number of nitrogens with zero attached hydrogens (tertiary/aromatic N) is 2. The SMILES string of the molecule is Cc1ccc(NCc2cc(=O)n3cc(C)ccc3n2)cc1. The summed E-state index contributed by atoms with van der Waals surface area (Å²) in [5, 5.41) is 3.28. The van der Waals surface area contributed by atoms with Crippen molar-refractivity contribution in [3.05, 3.63) is 75.8 Å². The Bertz CT molecular complexity index is 835. The van der Waals surface area contributed by atoms with Crippen LogP contribution in [0.3, 0.4) is 0 Å². The van der Waals surface area contributed by atoms with Gasteiger partial charge in [0.15, 0.2) is 0 Å². The fourth-order valence-electron chi connectivity index (χ4n) is 2.21. The molecule has 1 N–H and O–H groups in total. The van der Waals surface area contributed by atoms with Gasteiger partial charge in [-0.3, -0.25) is 9.20 Å². The van der Waals surface area contributed by atoms with Crippen molar-refractivity contribution in [1.82, 2.24) is 9.38 Å². The highest BCUT2D eigenvalue weighted by molar-refractivity contribution is 5.45. The van der Waals surface area contributed by atoms with E-state index in [2.05, 4.69) is 17.2 Å². The second-order valence-electron chi connectivity index (χ2n) is 5.24. The molecule has 0 amide bonds. The number of anilines is 1. The van der Waals surface area contributed by atoms with E-state index in [1.807, 2.05) is 49.5 Å². The number of fused-ring (bicyclic) bond motifs is 1. The van der Waals surface area contributed by atoms with Crippen molar-refractivity contribution in [3.63, 3.8) is 0 Å². The second-order valence-corrected chi connectivity index (χ2v) is 5.24. The van der Waals surface area contributed by atoms with Crippen molar-refractivity contribution in [2.75, 3.05) is 5.32 Å². The van der Waals surface area contributed by atoms with E-state index in [9.17, 15) is 4.79 Å². The minimum absolute atomic E-state index is 0.0515. The van der Waals surface area contributed by atoms with Crippen molar-refractivity contribution < 1.29 is 0 Å². The highest BCUT2D eigenvalue weighted by atomic mass is 16.1. The molecule has 0 saturated carbocycles. The third-order valence-electron chi connectivity index (χ3n) is 3.39. The molecule has 0 spiro atoms. The molecule has 0 atom stereocenters. The fraction of sp³-hybridized carbons (Fsp3) is 0.176. The predicted molar refractivity (Wildman–Crippen MR) is 84.7 cm³/mol. The Labute approximate surface area is 123 Å². The predicted octanol–water partition coefficient (Wildman–Crippen LogP) is 2.92. The second kappa shape index (κ2) is 5.40. The zero-order valence-corrected chi connectivity index (χ0v) is 12.1. The van der Waals surface area contributed by atoms with Crippen molar-refractivity contribution in [3.8, 4) is 0 Å². The van der Waals surface area contributed by atoms with Gasteiger partial charge in [0.25, 0.3) is 5.56 Å². The minimum atomic E-state index is -0.0515. The standard InChI is InChI=1S/C17H17N3O/c1-12-3-6-14(7-4-12)18-10-15-9-17(21)20-11-13(2)5-8-16(20)19-15/h3-9,11,18H,10H2,1-2H3. The molecule has 4 heteroatoms. The molecule has 1 aromatic carbocycles. The lowest BCUT2D eigenvalue weighted by Gasteiger charge is -2.08.